The molecule has 22 heavy (non-hydrogen) atoms. The van der Waals surface area contributed by atoms with E-state index in [0.29, 0.717) is 35.8 Å². The first-order valence-electron chi connectivity index (χ1n) is 6.91. The molecule has 0 aliphatic carbocycles. The van der Waals surface area contributed by atoms with Crippen molar-refractivity contribution >= 4 is 28.3 Å². The molecule has 0 radical (unpaired) electrons. The molecule has 0 spiro atoms. The predicted molar refractivity (Wildman–Crippen MR) is 81.9 cm³/mol. The van der Waals surface area contributed by atoms with Gasteiger partial charge >= 0.3 is 0 Å². The van der Waals surface area contributed by atoms with Crippen LogP contribution in [0.2, 0.25) is 0 Å². The van der Waals surface area contributed by atoms with Gasteiger partial charge in [0.2, 0.25) is 11.8 Å². The van der Waals surface area contributed by atoms with Crippen LogP contribution < -0.4 is 10.6 Å². The number of aromatic nitrogens is 1. The van der Waals surface area contributed by atoms with Crippen molar-refractivity contribution in [3.05, 3.63) is 35.5 Å². The summed E-state index contributed by atoms with van der Waals surface area (Å²) in [6, 6.07) is 6.15. The highest BCUT2D eigenvalue weighted by Gasteiger charge is 2.25. The fourth-order valence-electron chi connectivity index (χ4n) is 2.28. The van der Waals surface area contributed by atoms with Gasteiger partial charge in [0.05, 0.1) is 11.6 Å². The summed E-state index contributed by atoms with van der Waals surface area (Å²) < 4.78 is 13.2. The molecule has 5 nitrogen and oxygen atoms in total. The lowest BCUT2D eigenvalue weighted by atomic mass is 9.98. The zero-order chi connectivity index (χ0) is 15.5. The second kappa shape index (κ2) is 6.23. The van der Waals surface area contributed by atoms with Crippen molar-refractivity contribution in [1.29, 1.82) is 0 Å². The maximum Gasteiger partial charge on any atom is 0.231 e. The van der Waals surface area contributed by atoms with Crippen LogP contribution in [0.1, 0.15) is 12.8 Å². The second-order valence-corrected chi connectivity index (χ2v) is 5.94. The average molecular weight is 319 g/mol. The van der Waals surface area contributed by atoms with Crippen molar-refractivity contribution in [3.8, 4) is 11.3 Å². The number of rotatable bonds is 3. The van der Waals surface area contributed by atoms with Crippen LogP contribution in [-0.4, -0.2) is 23.3 Å². The van der Waals surface area contributed by atoms with Crippen LogP contribution in [0.15, 0.2) is 29.6 Å². The Morgan fingerprint density at radius 2 is 2.32 bits per heavy atom. The second-order valence-electron chi connectivity index (χ2n) is 5.08. The Hall–Kier alpha value is -2.28. The lowest BCUT2D eigenvalue weighted by Crippen LogP contribution is -2.40. The first-order valence-corrected chi connectivity index (χ1v) is 7.79. The molecule has 114 valence electrons. The van der Waals surface area contributed by atoms with Crippen molar-refractivity contribution in [3.63, 3.8) is 0 Å². The third kappa shape index (κ3) is 3.30. The van der Waals surface area contributed by atoms with E-state index in [9.17, 15) is 14.0 Å². The van der Waals surface area contributed by atoms with Crippen molar-refractivity contribution in [1.82, 2.24) is 10.3 Å². The molecule has 2 amide bonds. The topological polar surface area (TPSA) is 71.1 Å². The normalized spacial score (nSPS) is 17.9. The number of hydrogen-bond donors (Lipinski definition) is 2. The quantitative estimate of drug-likeness (QED) is 0.912. The first-order chi connectivity index (χ1) is 10.6. The Morgan fingerprint density at radius 1 is 1.45 bits per heavy atom. The number of amides is 2. The van der Waals surface area contributed by atoms with E-state index in [4.69, 9.17) is 0 Å². The third-order valence-electron chi connectivity index (χ3n) is 3.49. The number of carbonyl (C=O) groups is 2. The van der Waals surface area contributed by atoms with Crippen LogP contribution in [0.5, 0.6) is 0 Å². The fraction of sp³-hybridized carbons (Fsp3) is 0.267. The van der Waals surface area contributed by atoms with E-state index >= 15 is 0 Å². The van der Waals surface area contributed by atoms with Crippen LogP contribution in [-0.2, 0) is 9.59 Å². The maximum atomic E-state index is 13.2. The average Bonchev–Trinajstić information content (AvgIpc) is 2.96. The Bertz CT molecular complexity index is 706. The highest BCUT2D eigenvalue weighted by atomic mass is 32.1. The molecule has 1 aromatic heterocycles. The monoisotopic (exact) mass is 319 g/mol. The van der Waals surface area contributed by atoms with Crippen LogP contribution in [0.25, 0.3) is 11.3 Å². The van der Waals surface area contributed by atoms with E-state index in [1.165, 1.54) is 23.5 Å². The molecule has 2 N–H and O–H groups in total. The summed E-state index contributed by atoms with van der Waals surface area (Å²) >= 11 is 1.29. The molecule has 0 bridgehead atoms. The van der Waals surface area contributed by atoms with E-state index in [1.807, 2.05) is 0 Å². The van der Waals surface area contributed by atoms with Gasteiger partial charge < -0.3 is 10.6 Å². The summed E-state index contributed by atoms with van der Waals surface area (Å²) in [7, 11) is 0. The van der Waals surface area contributed by atoms with Gasteiger partial charge in [-0.05, 0) is 18.6 Å². The number of anilines is 1. The lowest BCUT2D eigenvalue weighted by molar-refractivity contribution is -0.126. The van der Waals surface area contributed by atoms with Gasteiger partial charge in [0.15, 0.2) is 5.13 Å². The summed E-state index contributed by atoms with van der Waals surface area (Å²) in [6.07, 6.45) is 0.907. The Morgan fingerprint density at radius 3 is 3.05 bits per heavy atom. The number of nitrogens with zero attached hydrogens (tertiary/aromatic N) is 1. The van der Waals surface area contributed by atoms with Gasteiger partial charge in [0, 0.05) is 23.9 Å². The number of halogens is 1. The summed E-state index contributed by atoms with van der Waals surface area (Å²) in [6.45, 7) is 0.354. The molecule has 1 aliphatic rings. The number of nitrogens with one attached hydrogen (secondary N) is 2. The third-order valence-corrected chi connectivity index (χ3v) is 4.25. The maximum absolute atomic E-state index is 13.2. The Labute approximate surface area is 130 Å². The molecular formula is C15H14FN3O2S. The smallest absolute Gasteiger partial charge is 0.231 e. The number of hydrogen-bond acceptors (Lipinski definition) is 4. The summed E-state index contributed by atoms with van der Waals surface area (Å²) in [5.74, 6) is -0.736. The fourth-order valence-corrected chi connectivity index (χ4v) is 3.00. The highest BCUT2D eigenvalue weighted by molar-refractivity contribution is 7.14. The summed E-state index contributed by atoms with van der Waals surface area (Å²) in [4.78, 5) is 27.5. The Kier molecular flexibility index (Phi) is 4.15. The van der Waals surface area contributed by atoms with Crippen molar-refractivity contribution in [2.75, 3.05) is 11.9 Å². The molecule has 1 aromatic carbocycles. The van der Waals surface area contributed by atoms with Crippen molar-refractivity contribution < 1.29 is 14.0 Å². The molecular weight excluding hydrogens is 305 g/mol. The van der Waals surface area contributed by atoms with E-state index in [-0.39, 0.29) is 23.5 Å². The number of carbonyl (C=O) groups excluding carboxylic acids is 2. The molecule has 0 saturated carbocycles. The van der Waals surface area contributed by atoms with Gasteiger partial charge in [-0.25, -0.2) is 9.37 Å². The van der Waals surface area contributed by atoms with Crippen LogP contribution in [0.4, 0.5) is 9.52 Å². The van der Waals surface area contributed by atoms with Gasteiger partial charge in [-0.3, -0.25) is 9.59 Å². The van der Waals surface area contributed by atoms with Gasteiger partial charge in [0.1, 0.15) is 5.82 Å². The molecule has 1 fully saturated rings. The highest BCUT2D eigenvalue weighted by Crippen LogP contribution is 2.26. The molecule has 2 aromatic rings. The van der Waals surface area contributed by atoms with Crippen molar-refractivity contribution in [2.45, 2.75) is 12.8 Å². The molecule has 1 aliphatic heterocycles. The molecule has 1 atom stereocenters. The number of thiazole rings is 1. The SMILES string of the molecule is O=C1CCC(C(=O)Nc2nc(-c3cccc(F)c3)cs2)CN1. The zero-order valence-electron chi connectivity index (χ0n) is 11.6. The molecule has 1 saturated heterocycles. The summed E-state index contributed by atoms with van der Waals surface area (Å²) in [5.41, 5.74) is 1.29. The molecule has 2 heterocycles. The number of piperidine rings is 1. The van der Waals surface area contributed by atoms with E-state index < -0.39 is 0 Å². The van der Waals surface area contributed by atoms with Gasteiger partial charge in [0.25, 0.3) is 0 Å². The van der Waals surface area contributed by atoms with Gasteiger partial charge in [-0.15, -0.1) is 11.3 Å². The van der Waals surface area contributed by atoms with Crippen molar-refractivity contribution in [2.24, 2.45) is 5.92 Å². The standard InChI is InChI=1S/C15H14FN3O2S/c16-11-3-1-2-9(6-11)12-8-22-15(18-12)19-14(21)10-4-5-13(20)17-7-10/h1-3,6,8,10H,4-5,7H2,(H,17,20)(H,18,19,21). The predicted octanol–water partition coefficient (Wildman–Crippen LogP) is 2.41. The minimum absolute atomic E-state index is 0.0216. The summed E-state index contributed by atoms with van der Waals surface area (Å²) in [5, 5.41) is 7.68. The van der Waals surface area contributed by atoms with Crippen LogP contribution >= 0.6 is 11.3 Å². The van der Waals surface area contributed by atoms with Crippen LogP contribution in [0.3, 0.4) is 0 Å². The molecule has 1 unspecified atom stereocenters. The van der Waals surface area contributed by atoms with E-state index in [2.05, 4.69) is 15.6 Å². The largest absolute Gasteiger partial charge is 0.355 e. The van der Waals surface area contributed by atoms with Crippen LogP contribution in [0, 0.1) is 11.7 Å². The number of benzene rings is 1. The van der Waals surface area contributed by atoms with E-state index in [0.717, 1.165) is 0 Å². The Balaban J connectivity index is 1.67. The lowest BCUT2D eigenvalue weighted by Gasteiger charge is -2.20. The van der Waals surface area contributed by atoms with Gasteiger partial charge in [-0.1, -0.05) is 12.1 Å². The van der Waals surface area contributed by atoms with Gasteiger partial charge in [-0.2, -0.15) is 0 Å². The van der Waals surface area contributed by atoms with E-state index in [1.54, 1.807) is 17.5 Å². The zero-order valence-corrected chi connectivity index (χ0v) is 12.5. The first kappa shape index (κ1) is 14.6. The molecule has 7 heteroatoms. The molecule has 3 rings (SSSR count). The minimum Gasteiger partial charge on any atom is -0.355 e. The minimum atomic E-state index is -0.325.